The van der Waals surface area contributed by atoms with Crippen LogP contribution >= 0.6 is 0 Å². The summed E-state index contributed by atoms with van der Waals surface area (Å²) >= 11 is 0. The Morgan fingerprint density at radius 3 is 2.42 bits per heavy atom. The van der Waals surface area contributed by atoms with Crippen LogP contribution < -0.4 is 10.6 Å². The van der Waals surface area contributed by atoms with Crippen LogP contribution in [0.1, 0.15) is 24.4 Å². The Hall–Kier alpha value is -3.22. The molecule has 3 aromatic rings. The summed E-state index contributed by atoms with van der Waals surface area (Å²) in [6.07, 6.45) is 0. The minimum Gasteiger partial charge on any atom is -0.449 e. The molecule has 1 aromatic heterocycles. The Bertz CT molecular complexity index is 996. The molecule has 0 saturated carbocycles. The van der Waals surface area contributed by atoms with Crippen molar-refractivity contribution in [3.63, 3.8) is 0 Å². The van der Waals surface area contributed by atoms with Crippen LogP contribution in [0.15, 0.2) is 46.9 Å². The Morgan fingerprint density at radius 2 is 1.73 bits per heavy atom. The van der Waals surface area contributed by atoms with Crippen molar-refractivity contribution < 1.29 is 22.8 Å². The van der Waals surface area contributed by atoms with E-state index in [9.17, 15) is 18.4 Å². The van der Waals surface area contributed by atoms with Crippen LogP contribution in [0.5, 0.6) is 0 Å². The summed E-state index contributed by atoms with van der Waals surface area (Å²) in [5, 5.41) is 5.70. The Labute approximate surface area is 148 Å². The molecule has 0 spiro atoms. The maximum Gasteiger partial charge on any atom is 0.293 e. The van der Waals surface area contributed by atoms with E-state index in [4.69, 9.17) is 4.42 Å². The van der Waals surface area contributed by atoms with Crippen molar-refractivity contribution in [2.24, 2.45) is 5.92 Å². The van der Waals surface area contributed by atoms with E-state index < -0.39 is 17.5 Å². The average molecular weight is 358 g/mol. The third-order valence-electron chi connectivity index (χ3n) is 3.75. The van der Waals surface area contributed by atoms with Gasteiger partial charge in [-0.3, -0.25) is 9.59 Å². The largest absolute Gasteiger partial charge is 0.449 e. The third-order valence-corrected chi connectivity index (χ3v) is 3.75. The van der Waals surface area contributed by atoms with Crippen LogP contribution in [0.3, 0.4) is 0 Å². The van der Waals surface area contributed by atoms with Crippen molar-refractivity contribution >= 4 is 34.2 Å². The molecule has 134 valence electrons. The van der Waals surface area contributed by atoms with E-state index in [-0.39, 0.29) is 29.0 Å². The molecular weight excluding hydrogens is 342 g/mol. The van der Waals surface area contributed by atoms with Crippen molar-refractivity contribution in [3.05, 3.63) is 59.9 Å². The SMILES string of the molecule is CC(C)C(=O)Nc1c(C(=O)Nc2ccc(F)c(F)c2)oc2ccccc12. The van der Waals surface area contributed by atoms with Crippen molar-refractivity contribution in [3.8, 4) is 0 Å². The number of halogens is 2. The van der Waals surface area contributed by atoms with E-state index in [2.05, 4.69) is 10.6 Å². The zero-order valence-electron chi connectivity index (χ0n) is 14.1. The molecule has 2 aromatic carbocycles. The number of benzene rings is 2. The fourth-order valence-corrected chi connectivity index (χ4v) is 2.36. The zero-order chi connectivity index (χ0) is 18.8. The number of amides is 2. The van der Waals surface area contributed by atoms with Crippen molar-refractivity contribution in [2.45, 2.75) is 13.8 Å². The van der Waals surface area contributed by atoms with Gasteiger partial charge in [0.2, 0.25) is 11.7 Å². The van der Waals surface area contributed by atoms with Gasteiger partial charge < -0.3 is 15.1 Å². The van der Waals surface area contributed by atoms with Gasteiger partial charge in [0.05, 0.1) is 0 Å². The summed E-state index contributed by atoms with van der Waals surface area (Å²) in [7, 11) is 0. The highest BCUT2D eigenvalue weighted by atomic mass is 19.2. The van der Waals surface area contributed by atoms with E-state index in [1.54, 1.807) is 38.1 Å². The lowest BCUT2D eigenvalue weighted by molar-refractivity contribution is -0.118. The second-order valence-electron chi connectivity index (χ2n) is 6.03. The molecule has 0 aliphatic rings. The first-order valence-corrected chi connectivity index (χ1v) is 7.95. The van der Waals surface area contributed by atoms with E-state index in [0.717, 1.165) is 12.1 Å². The van der Waals surface area contributed by atoms with Gasteiger partial charge in [0.25, 0.3) is 5.91 Å². The fraction of sp³-hybridized carbons (Fsp3) is 0.158. The van der Waals surface area contributed by atoms with Gasteiger partial charge >= 0.3 is 0 Å². The molecule has 5 nitrogen and oxygen atoms in total. The Kier molecular flexibility index (Phi) is 4.71. The number of furan rings is 1. The minimum atomic E-state index is -1.08. The maximum atomic E-state index is 13.3. The van der Waals surface area contributed by atoms with Gasteiger partial charge in [-0.25, -0.2) is 8.78 Å². The molecule has 3 rings (SSSR count). The summed E-state index contributed by atoms with van der Waals surface area (Å²) in [6.45, 7) is 3.44. The number of rotatable bonds is 4. The number of hydrogen-bond acceptors (Lipinski definition) is 3. The van der Waals surface area contributed by atoms with Crippen LogP contribution in [0.25, 0.3) is 11.0 Å². The van der Waals surface area contributed by atoms with Crippen molar-refractivity contribution in [1.82, 2.24) is 0 Å². The second kappa shape index (κ2) is 6.95. The van der Waals surface area contributed by atoms with E-state index >= 15 is 0 Å². The lowest BCUT2D eigenvalue weighted by Gasteiger charge is -2.09. The molecule has 0 aliphatic carbocycles. The van der Waals surface area contributed by atoms with Crippen LogP contribution in [0.2, 0.25) is 0 Å². The molecular formula is C19H16F2N2O3. The van der Waals surface area contributed by atoms with E-state index in [1.807, 2.05) is 0 Å². The predicted octanol–water partition coefficient (Wildman–Crippen LogP) is 4.56. The number of fused-ring (bicyclic) bond motifs is 1. The monoisotopic (exact) mass is 358 g/mol. The second-order valence-corrected chi connectivity index (χ2v) is 6.03. The number of hydrogen-bond donors (Lipinski definition) is 2. The molecule has 0 bridgehead atoms. The number of para-hydroxylation sites is 1. The number of anilines is 2. The van der Waals surface area contributed by atoms with Crippen LogP contribution in [0.4, 0.5) is 20.2 Å². The van der Waals surface area contributed by atoms with Crippen LogP contribution in [-0.2, 0) is 4.79 Å². The quantitative estimate of drug-likeness (QED) is 0.718. The van der Waals surface area contributed by atoms with E-state index in [1.165, 1.54) is 6.07 Å². The van der Waals surface area contributed by atoms with Gasteiger partial charge in [-0.05, 0) is 24.3 Å². The summed E-state index contributed by atoms with van der Waals surface area (Å²) in [6, 6.07) is 9.85. The molecule has 0 fully saturated rings. The summed E-state index contributed by atoms with van der Waals surface area (Å²) in [5.41, 5.74) is 0.719. The van der Waals surface area contributed by atoms with Gasteiger partial charge in [-0.1, -0.05) is 26.0 Å². The van der Waals surface area contributed by atoms with Gasteiger partial charge in [-0.2, -0.15) is 0 Å². The van der Waals surface area contributed by atoms with Crippen LogP contribution in [-0.4, -0.2) is 11.8 Å². The first-order valence-electron chi connectivity index (χ1n) is 7.95. The van der Waals surface area contributed by atoms with Gasteiger partial charge in [0.1, 0.15) is 11.3 Å². The number of carbonyl (C=O) groups is 2. The molecule has 26 heavy (non-hydrogen) atoms. The topological polar surface area (TPSA) is 71.3 Å². The third kappa shape index (κ3) is 3.42. The zero-order valence-corrected chi connectivity index (χ0v) is 14.1. The normalized spacial score (nSPS) is 11.0. The molecule has 1 heterocycles. The van der Waals surface area contributed by atoms with Crippen molar-refractivity contribution in [2.75, 3.05) is 10.6 Å². The predicted molar refractivity (Wildman–Crippen MR) is 94.0 cm³/mol. The minimum absolute atomic E-state index is 0.0653. The van der Waals surface area contributed by atoms with Gasteiger partial charge in [-0.15, -0.1) is 0 Å². The molecule has 0 atom stereocenters. The molecule has 7 heteroatoms. The first kappa shape index (κ1) is 17.6. The van der Waals surface area contributed by atoms with E-state index in [0.29, 0.717) is 11.0 Å². The first-order chi connectivity index (χ1) is 12.4. The summed E-state index contributed by atoms with van der Waals surface area (Å²) < 4.78 is 31.9. The lowest BCUT2D eigenvalue weighted by atomic mass is 10.1. The molecule has 0 saturated heterocycles. The standard InChI is InChI=1S/C19H16F2N2O3/c1-10(2)18(24)23-16-12-5-3-4-6-15(12)26-17(16)19(25)22-11-7-8-13(20)14(21)9-11/h3-10H,1-2H3,(H,22,25)(H,23,24). The summed E-state index contributed by atoms with van der Waals surface area (Å²) in [4.78, 5) is 24.7. The molecule has 0 unspecified atom stereocenters. The maximum absolute atomic E-state index is 13.3. The van der Waals surface area contributed by atoms with Gasteiger partial charge in [0.15, 0.2) is 11.6 Å². The molecule has 2 amide bonds. The molecule has 2 N–H and O–H groups in total. The highest BCUT2D eigenvalue weighted by Crippen LogP contribution is 2.32. The highest BCUT2D eigenvalue weighted by Gasteiger charge is 2.23. The Balaban J connectivity index is 1.98. The highest BCUT2D eigenvalue weighted by molar-refractivity contribution is 6.14. The average Bonchev–Trinajstić information content (AvgIpc) is 2.97. The summed E-state index contributed by atoms with van der Waals surface area (Å²) in [5.74, 6) is -3.49. The smallest absolute Gasteiger partial charge is 0.293 e. The fourth-order valence-electron chi connectivity index (χ4n) is 2.36. The van der Waals surface area contributed by atoms with Crippen molar-refractivity contribution in [1.29, 1.82) is 0 Å². The van der Waals surface area contributed by atoms with Gasteiger partial charge in [0, 0.05) is 23.1 Å². The molecule has 0 radical (unpaired) electrons. The molecule has 0 aliphatic heterocycles. The number of carbonyl (C=O) groups excluding carboxylic acids is 2. The number of nitrogens with one attached hydrogen (secondary N) is 2. The lowest BCUT2D eigenvalue weighted by Crippen LogP contribution is -2.20. The van der Waals surface area contributed by atoms with Crippen LogP contribution in [0, 0.1) is 17.6 Å². The Morgan fingerprint density at radius 1 is 1.00 bits per heavy atom.